The van der Waals surface area contributed by atoms with Crippen LogP contribution in [0.5, 0.6) is 0 Å². The molecule has 3 aliphatic rings. The van der Waals surface area contributed by atoms with Crippen LogP contribution in [0.4, 0.5) is 28.4 Å². The zero-order chi connectivity index (χ0) is 33.2. The predicted octanol–water partition coefficient (Wildman–Crippen LogP) is 13.2. The van der Waals surface area contributed by atoms with Crippen LogP contribution in [0.2, 0.25) is 0 Å². The Kier molecular flexibility index (Phi) is 8.39. The minimum absolute atomic E-state index is 0.0521. The van der Waals surface area contributed by atoms with Crippen molar-refractivity contribution in [3.8, 4) is 0 Å². The first-order chi connectivity index (χ1) is 24.1. The number of fused-ring (bicyclic) bond motifs is 2. The zero-order valence-electron chi connectivity index (χ0n) is 28.6. The summed E-state index contributed by atoms with van der Waals surface area (Å²) in [7, 11) is 0. The number of allylic oxidation sites excluding steroid dienone is 7. The van der Waals surface area contributed by atoms with Gasteiger partial charge in [-0.3, -0.25) is 0 Å². The second-order valence-corrected chi connectivity index (χ2v) is 14.0. The van der Waals surface area contributed by atoms with Crippen LogP contribution < -0.4 is 9.80 Å². The van der Waals surface area contributed by atoms with Gasteiger partial charge in [0.1, 0.15) is 0 Å². The lowest BCUT2D eigenvalue weighted by molar-refractivity contribution is 0.649. The molecule has 242 valence electrons. The Hall–Kier alpha value is -5.34. The molecule has 3 aliphatic carbocycles. The van der Waals surface area contributed by atoms with E-state index in [1.54, 1.807) is 0 Å². The summed E-state index contributed by atoms with van der Waals surface area (Å²) >= 11 is 0. The summed E-state index contributed by atoms with van der Waals surface area (Å²) in [6, 6.07) is 48.2. The lowest BCUT2D eigenvalue weighted by Gasteiger charge is -2.31. The third-order valence-electron chi connectivity index (χ3n) is 10.5. The van der Waals surface area contributed by atoms with Crippen molar-refractivity contribution in [2.75, 3.05) is 9.80 Å². The zero-order valence-corrected chi connectivity index (χ0v) is 28.6. The quantitative estimate of drug-likeness (QED) is 0.167. The molecule has 0 bridgehead atoms. The van der Waals surface area contributed by atoms with Gasteiger partial charge in [0.25, 0.3) is 0 Å². The minimum atomic E-state index is -0.0521. The molecule has 5 aromatic carbocycles. The Labute approximate surface area is 292 Å². The third-order valence-corrected chi connectivity index (χ3v) is 10.5. The molecule has 2 heteroatoms. The Morgan fingerprint density at radius 3 is 1.76 bits per heavy atom. The molecule has 8 rings (SSSR count). The number of rotatable bonds is 8. The molecule has 0 saturated heterocycles. The van der Waals surface area contributed by atoms with E-state index < -0.39 is 0 Å². The van der Waals surface area contributed by atoms with Gasteiger partial charge in [0.05, 0.1) is 0 Å². The van der Waals surface area contributed by atoms with E-state index in [0.717, 1.165) is 42.7 Å². The highest BCUT2D eigenvalue weighted by atomic mass is 15.2. The molecule has 0 spiro atoms. The van der Waals surface area contributed by atoms with Gasteiger partial charge in [-0.25, -0.2) is 0 Å². The second kappa shape index (κ2) is 13.3. The Morgan fingerprint density at radius 1 is 0.551 bits per heavy atom. The number of benzene rings is 5. The largest absolute Gasteiger partial charge is 0.315 e. The fourth-order valence-electron chi connectivity index (χ4n) is 7.94. The topological polar surface area (TPSA) is 6.48 Å². The average molecular weight is 637 g/mol. The van der Waals surface area contributed by atoms with Gasteiger partial charge in [-0.05, 0) is 133 Å². The van der Waals surface area contributed by atoms with Crippen molar-refractivity contribution in [2.24, 2.45) is 0 Å². The fourth-order valence-corrected chi connectivity index (χ4v) is 7.94. The van der Waals surface area contributed by atoms with Gasteiger partial charge in [0.15, 0.2) is 0 Å². The van der Waals surface area contributed by atoms with E-state index in [1.165, 1.54) is 63.3 Å². The molecule has 2 nitrogen and oxygen atoms in total. The number of hydrogen-bond donors (Lipinski definition) is 0. The SMILES string of the molecule is CC1(C)C2=C(CCC(/C=C/c3ccc(N(c4ccccc4)c4ccccc4)cc3)=C2)c2ccc(N(C3=CCCCC3)c3ccccc3)cc21. The van der Waals surface area contributed by atoms with Crippen molar-refractivity contribution in [2.45, 2.75) is 57.8 Å². The number of hydrogen-bond acceptors (Lipinski definition) is 2. The van der Waals surface area contributed by atoms with Gasteiger partial charge in [-0.15, -0.1) is 0 Å². The van der Waals surface area contributed by atoms with Crippen LogP contribution in [0.3, 0.4) is 0 Å². The van der Waals surface area contributed by atoms with Crippen LogP contribution in [-0.2, 0) is 5.41 Å². The summed E-state index contributed by atoms with van der Waals surface area (Å²) in [5.41, 5.74) is 15.9. The van der Waals surface area contributed by atoms with E-state index in [4.69, 9.17) is 0 Å². The third kappa shape index (κ3) is 6.08. The molecule has 0 heterocycles. The summed E-state index contributed by atoms with van der Waals surface area (Å²) in [6.07, 6.45) is 16.5. The summed E-state index contributed by atoms with van der Waals surface area (Å²) < 4.78 is 0. The molecule has 0 aromatic heterocycles. The summed E-state index contributed by atoms with van der Waals surface area (Å²) in [5.74, 6) is 0. The van der Waals surface area contributed by atoms with Crippen molar-refractivity contribution in [1.29, 1.82) is 0 Å². The summed E-state index contributed by atoms with van der Waals surface area (Å²) in [6.45, 7) is 4.83. The first-order valence-corrected chi connectivity index (χ1v) is 17.9. The molecule has 0 N–H and O–H groups in total. The highest BCUT2D eigenvalue weighted by Crippen LogP contribution is 2.52. The Balaban J connectivity index is 1.05. The standard InChI is InChI=1S/C47H44N2/c1-47(2)45-33-36(24-23-35-25-28-41(29-26-35)48(37-15-7-3-8-16-37)38-17-9-4-10-18-38)27-31-43(45)44-32-30-42(34-46(44)47)49(39-19-11-5-12-20-39)40-21-13-6-14-22-40/h3-5,7-12,15-21,23-26,28-30,32-34H,6,13-14,22,27,31H2,1-2H3/b24-23+. The van der Waals surface area contributed by atoms with Gasteiger partial charge in [-0.1, -0.05) is 111 Å². The highest BCUT2D eigenvalue weighted by Gasteiger charge is 2.38. The Morgan fingerprint density at radius 2 is 1.14 bits per heavy atom. The molecular formula is C47H44N2. The van der Waals surface area contributed by atoms with Crippen molar-refractivity contribution < 1.29 is 0 Å². The first-order valence-electron chi connectivity index (χ1n) is 17.9. The van der Waals surface area contributed by atoms with Crippen LogP contribution in [-0.4, -0.2) is 0 Å². The molecule has 0 aliphatic heterocycles. The van der Waals surface area contributed by atoms with Crippen molar-refractivity contribution in [3.63, 3.8) is 0 Å². The lowest BCUT2D eigenvalue weighted by Crippen LogP contribution is -2.20. The summed E-state index contributed by atoms with van der Waals surface area (Å²) in [5, 5.41) is 0. The van der Waals surface area contributed by atoms with Crippen LogP contribution in [0.25, 0.3) is 11.6 Å². The van der Waals surface area contributed by atoms with E-state index in [-0.39, 0.29) is 5.41 Å². The smallest absolute Gasteiger partial charge is 0.0462 e. The van der Waals surface area contributed by atoms with Gasteiger partial charge in [0, 0.05) is 39.5 Å². The predicted molar refractivity (Wildman–Crippen MR) is 209 cm³/mol. The monoisotopic (exact) mass is 636 g/mol. The van der Waals surface area contributed by atoms with E-state index >= 15 is 0 Å². The van der Waals surface area contributed by atoms with Crippen LogP contribution in [0.15, 0.2) is 169 Å². The molecule has 0 radical (unpaired) electrons. The van der Waals surface area contributed by atoms with Crippen LogP contribution in [0, 0.1) is 0 Å². The average Bonchev–Trinajstić information content (AvgIpc) is 3.38. The van der Waals surface area contributed by atoms with E-state index in [9.17, 15) is 0 Å². The molecule has 5 aromatic rings. The van der Waals surface area contributed by atoms with Crippen molar-refractivity contribution in [3.05, 3.63) is 185 Å². The van der Waals surface area contributed by atoms with Crippen LogP contribution >= 0.6 is 0 Å². The lowest BCUT2D eigenvalue weighted by atomic mass is 9.78. The molecule has 0 fully saturated rings. The number of para-hydroxylation sites is 3. The van der Waals surface area contributed by atoms with Crippen LogP contribution in [0.1, 0.15) is 69.1 Å². The summed E-state index contributed by atoms with van der Waals surface area (Å²) in [4.78, 5) is 4.81. The van der Waals surface area contributed by atoms with E-state index in [0.29, 0.717) is 0 Å². The van der Waals surface area contributed by atoms with E-state index in [1.807, 2.05) is 0 Å². The first kappa shape index (κ1) is 31.0. The van der Waals surface area contributed by atoms with Gasteiger partial charge in [-0.2, -0.15) is 0 Å². The molecule has 0 amide bonds. The maximum atomic E-state index is 2.50. The number of nitrogens with zero attached hydrogens (tertiary/aromatic N) is 2. The number of anilines is 5. The van der Waals surface area contributed by atoms with Gasteiger partial charge >= 0.3 is 0 Å². The highest BCUT2D eigenvalue weighted by molar-refractivity contribution is 5.86. The molecular weight excluding hydrogens is 593 g/mol. The van der Waals surface area contributed by atoms with Crippen molar-refractivity contribution in [1.82, 2.24) is 0 Å². The minimum Gasteiger partial charge on any atom is -0.315 e. The normalized spacial score (nSPS) is 16.5. The maximum Gasteiger partial charge on any atom is 0.0462 e. The molecule has 49 heavy (non-hydrogen) atoms. The molecule has 0 saturated carbocycles. The fraction of sp³-hybridized carbons (Fsp3) is 0.191. The Bertz CT molecular complexity index is 2020. The molecule has 0 atom stereocenters. The van der Waals surface area contributed by atoms with E-state index in [2.05, 4.69) is 181 Å². The second-order valence-electron chi connectivity index (χ2n) is 14.0. The maximum absolute atomic E-state index is 2.50. The van der Waals surface area contributed by atoms with Gasteiger partial charge < -0.3 is 9.80 Å². The van der Waals surface area contributed by atoms with Gasteiger partial charge in [0.2, 0.25) is 0 Å². The molecule has 0 unspecified atom stereocenters. The van der Waals surface area contributed by atoms with Crippen molar-refractivity contribution >= 4 is 40.1 Å².